The summed E-state index contributed by atoms with van der Waals surface area (Å²) in [4.78, 5) is 12.0. The molecule has 2 rings (SSSR count). The highest BCUT2D eigenvalue weighted by Crippen LogP contribution is 2.29. The first-order chi connectivity index (χ1) is 11.1. The van der Waals surface area contributed by atoms with Gasteiger partial charge in [0, 0.05) is 24.7 Å². The molecule has 1 unspecified atom stereocenters. The van der Waals surface area contributed by atoms with Gasteiger partial charge in [0.25, 0.3) is 5.91 Å². The van der Waals surface area contributed by atoms with Gasteiger partial charge in [0.1, 0.15) is 12.4 Å². The fourth-order valence-electron chi connectivity index (χ4n) is 2.35. The largest absolute Gasteiger partial charge is 0.489 e. The van der Waals surface area contributed by atoms with Gasteiger partial charge in [-0.3, -0.25) is 4.79 Å². The van der Waals surface area contributed by atoms with E-state index in [1.165, 1.54) is 7.11 Å². The molecule has 0 aliphatic carbocycles. The van der Waals surface area contributed by atoms with Crippen molar-refractivity contribution in [2.24, 2.45) is 0 Å². The summed E-state index contributed by atoms with van der Waals surface area (Å²) in [5, 5.41) is 3.14. The first kappa shape index (κ1) is 17.3. The van der Waals surface area contributed by atoms with Crippen LogP contribution in [0.15, 0.2) is 42.5 Å². The molecule has 5 heteroatoms. The average Bonchev–Trinajstić information content (AvgIpc) is 2.56. The van der Waals surface area contributed by atoms with Crippen LogP contribution >= 0.6 is 11.6 Å². The van der Waals surface area contributed by atoms with Crippen molar-refractivity contribution in [2.75, 3.05) is 14.2 Å². The second-order valence-electron chi connectivity index (χ2n) is 5.09. The summed E-state index contributed by atoms with van der Waals surface area (Å²) in [7, 11) is 3.06. The minimum absolute atomic E-state index is 0.230. The molecule has 1 amide bonds. The lowest BCUT2D eigenvalue weighted by Crippen LogP contribution is -2.28. The van der Waals surface area contributed by atoms with Crippen LogP contribution in [-0.4, -0.2) is 20.1 Å². The van der Waals surface area contributed by atoms with E-state index in [0.717, 1.165) is 16.9 Å². The van der Waals surface area contributed by atoms with Crippen LogP contribution in [0.25, 0.3) is 0 Å². The number of ether oxygens (including phenoxy) is 2. The quantitative estimate of drug-likeness (QED) is 0.877. The highest BCUT2D eigenvalue weighted by molar-refractivity contribution is 6.31. The second kappa shape index (κ2) is 7.99. The first-order valence-electron chi connectivity index (χ1n) is 7.28. The zero-order valence-electron chi connectivity index (χ0n) is 13.4. The number of halogens is 1. The number of amides is 1. The number of nitrogens with one attached hydrogen (secondary N) is 1. The van der Waals surface area contributed by atoms with E-state index in [1.54, 1.807) is 19.2 Å². The molecular formula is C18H20ClNO3. The topological polar surface area (TPSA) is 47.6 Å². The number of methoxy groups -OCH3 is 1. The van der Waals surface area contributed by atoms with Gasteiger partial charge in [0.2, 0.25) is 0 Å². The molecule has 2 aromatic rings. The maximum Gasteiger partial charge on any atom is 0.253 e. The van der Waals surface area contributed by atoms with Crippen LogP contribution in [0.5, 0.6) is 5.75 Å². The van der Waals surface area contributed by atoms with E-state index in [9.17, 15) is 4.79 Å². The molecule has 4 nitrogen and oxygen atoms in total. The predicted octanol–water partition coefficient (Wildman–Crippen LogP) is 3.66. The van der Waals surface area contributed by atoms with E-state index in [1.807, 2.05) is 37.3 Å². The van der Waals surface area contributed by atoms with E-state index < -0.39 is 6.10 Å². The molecular weight excluding hydrogens is 314 g/mol. The van der Waals surface area contributed by atoms with Gasteiger partial charge in [0.05, 0.1) is 0 Å². The predicted molar refractivity (Wildman–Crippen MR) is 90.8 cm³/mol. The SMILES string of the molecule is CNC(=O)C(OC)c1cccc(Cl)c1COc1ccccc1C. The van der Waals surface area contributed by atoms with Gasteiger partial charge in [-0.25, -0.2) is 0 Å². The van der Waals surface area contributed by atoms with Crippen LogP contribution in [-0.2, 0) is 16.1 Å². The van der Waals surface area contributed by atoms with Crippen molar-refractivity contribution in [3.63, 3.8) is 0 Å². The third-order valence-corrected chi connectivity index (χ3v) is 3.98. The van der Waals surface area contributed by atoms with Crippen LogP contribution < -0.4 is 10.1 Å². The Morgan fingerprint density at radius 2 is 1.96 bits per heavy atom. The van der Waals surface area contributed by atoms with Crippen molar-refractivity contribution in [3.8, 4) is 5.75 Å². The Labute approximate surface area is 141 Å². The lowest BCUT2D eigenvalue weighted by atomic mass is 10.0. The summed E-state index contributed by atoms with van der Waals surface area (Å²) in [6.07, 6.45) is -0.728. The standard InChI is InChI=1S/C18H20ClNO3/c1-12-7-4-5-10-16(12)23-11-14-13(8-6-9-15(14)19)17(22-3)18(21)20-2/h4-10,17H,11H2,1-3H3,(H,20,21). The molecule has 1 atom stereocenters. The minimum atomic E-state index is -0.728. The number of hydrogen-bond donors (Lipinski definition) is 1. The average molecular weight is 334 g/mol. The Kier molecular flexibility index (Phi) is 6.02. The second-order valence-corrected chi connectivity index (χ2v) is 5.50. The maximum absolute atomic E-state index is 12.0. The van der Waals surface area contributed by atoms with Gasteiger partial charge in [-0.1, -0.05) is 41.9 Å². The number of benzene rings is 2. The van der Waals surface area contributed by atoms with Crippen molar-refractivity contribution >= 4 is 17.5 Å². The van der Waals surface area contributed by atoms with Crippen molar-refractivity contribution in [1.82, 2.24) is 5.32 Å². The van der Waals surface area contributed by atoms with E-state index in [0.29, 0.717) is 10.6 Å². The van der Waals surface area contributed by atoms with Gasteiger partial charge in [-0.15, -0.1) is 0 Å². The highest BCUT2D eigenvalue weighted by atomic mass is 35.5. The summed E-state index contributed by atoms with van der Waals surface area (Å²) in [6.45, 7) is 2.24. The van der Waals surface area contributed by atoms with Crippen LogP contribution in [0.3, 0.4) is 0 Å². The monoisotopic (exact) mass is 333 g/mol. The number of aryl methyl sites for hydroxylation is 1. The lowest BCUT2D eigenvalue weighted by molar-refractivity contribution is -0.130. The van der Waals surface area contributed by atoms with Gasteiger partial charge >= 0.3 is 0 Å². The molecule has 0 bridgehead atoms. The third kappa shape index (κ3) is 4.03. The van der Waals surface area contributed by atoms with E-state index in [-0.39, 0.29) is 12.5 Å². The summed E-state index contributed by atoms with van der Waals surface area (Å²) in [5.74, 6) is 0.555. The van der Waals surface area contributed by atoms with Crippen molar-refractivity contribution in [3.05, 3.63) is 64.2 Å². The molecule has 0 heterocycles. The number of likely N-dealkylation sites (N-methyl/N-ethyl adjacent to an activating group) is 1. The van der Waals surface area contributed by atoms with Gasteiger partial charge in [-0.2, -0.15) is 0 Å². The zero-order chi connectivity index (χ0) is 16.8. The van der Waals surface area contributed by atoms with Crippen molar-refractivity contribution < 1.29 is 14.3 Å². The Morgan fingerprint density at radius 1 is 1.22 bits per heavy atom. The third-order valence-electron chi connectivity index (χ3n) is 3.62. The summed E-state index contributed by atoms with van der Waals surface area (Å²) in [6, 6.07) is 13.1. The molecule has 0 saturated carbocycles. The Bertz CT molecular complexity index is 688. The summed E-state index contributed by atoms with van der Waals surface area (Å²) >= 11 is 6.32. The molecule has 0 aromatic heterocycles. The van der Waals surface area contributed by atoms with Gasteiger partial charge < -0.3 is 14.8 Å². The Hall–Kier alpha value is -2.04. The molecule has 0 aliphatic rings. The number of carbonyl (C=O) groups excluding carboxylic acids is 1. The Balaban J connectivity index is 2.31. The van der Waals surface area contributed by atoms with Crippen molar-refractivity contribution in [1.29, 1.82) is 0 Å². The van der Waals surface area contributed by atoms with Crippen LogP contribution in [0.2, 0.25) is 5.02 Å². The summed E-state index contributed by atoms with van der Waals surface area (Å²) < 4.78 is 11.2. The number of hydrogen-bond acceptors (Lipinski definition) is 3. The van der Waals surface area contributed by atoms with Crippen LogP contribution in [0.4, 0.5) is 0 Å². The molecule has 23 heavy (non-hydrogen) atoms. The minimum Gasteiger partial charge on any atom is -0.489 e. The molecule has 1 N–H and O–H groups in total. The fourth-order valence-corrected chi connectivity index (χ4v) is 2.58. The number of rotatable bonds is 6. The first-order valence-corrected chi connectivity index (χ1v) is 7.66. The van der Waals surface area contributed by atoms with Gasteiger partial charge in [-0.05, 0) is 30.2 Å². The molecule has 0 saturated heterocycles. The van der Waals surface area contributed by atoms with E-state index in [4.69, 9.17) is 21.1 Å². The fraction of sp³-hybridized carbons (Fsp3) is 0.278. The lowest BCUT2D eigenvalue weighted by Gasteiger charge is -2.19. The molecule has 0 aliphatic heterocycles. The molecule has 0 radical (unpaired) electrons. The molecule has 0 fully saturated rings. The highest BCUT2D eigenvalue weighted by Gasteiger charge is 2.23. The van der Waals surface area contributed by atoms with E-state index >= 15 is 0 Å². The number of carbonyl (C=O) groups is 1. The molecule has 0 spiro atoms. The maximum atomic E-state index is 12.0. The molecule has 122 valence electrons. The van der Waals surface area contributed by atoms with Crippen LogP contribution in [0.1, 0.15) is 22.8 Å². The normalized spacial score (nSPS) is 11.8. The number of para-hydroxylation sites is 1. The smallest absolute Gasteiger partial charge is 0.253 e. The van der Waals surface area contributed by atoms with Crippen molar-refractivity contribution in [2.45, 2.75) is 19.6 Å². The summed E-state index contributed by atoms with van der Waals surface area (Å²) in [5.41, 5.74) is 2.48. The van der Waals surface area contributed by atoms with Gasteiger partial charge in [0.15, 0.2) is 6.10 Å². The molecule has 2 aromatic carbocycles. The Morgan fingerprint density at radius 3 is 2.61 bits per heavy atom. The van der Waals surface area contributed by atoms with E-state index in [2.05, 4.69) is 5.32 Å². The van der Waals surface area contributed by atoms with Crippen LogP contribution in [0, 0.1) is 6.92 Å². The zero-order valence-corrected chi connectivity index (χ0v) is 14.2.